The van der Waals surface area contributed by atoms with E-state index in [1.54, 1.807) is 17.9 Å². The smallest absolute Gasteiger partial charge is 0.275 e. The maximum absolute atomic E-state index is 12.9. The number of carbonyl (C=O) groups excluding carboxylic acids is 1. The molecule has 138 valence electrons. The number of hydrogen-bond acceptors (Lipinski definition) is 6. The molecule has 0 aliphatic carbocycles. The van der Waals surface area contributed by atoms with Gasteiger partial charge in [0, 0.05) is 29.5 Å². The molecule has 0 N–H and O–H groups in total. The van der Waals surface area contributed by atoms with Crippen LogP contribution in [0.15, 0.2) is 52.7 Å². The fourth-order valence-corrected chi connectivity index (χ4v) is 4.91. The van der Waals surface area contributed by atoms with Crippen molar-refractivity contribution in [3.63, 3.8) is 0 Å². The molecule has 2 aliphatic rings. The van der Waals surface area contributed by atoms with Crippen molar-refractivity contribution in [2.24, 2.45) is 0 Å². The van der Waals surface area contributed by atoms with E-state index in [0.717, 1.165) is 30.6 Å². The van der Waals surface area contributed by atoms with Crippen LogP contribution >= 0.6 is 11.5 Å². The van der Waals surface area contributed by atoms with Gasteiger partial charge >= 0.3 is 0 Å². The van der Waals surface area contributed by atoms with Crippen LogP contribution in [0.2, 0.25) is 0 Å². The lowest BCUT2D eigenvalue weighted by atomic mass is 9.70. The largest absolute Gasteiger partial charge is 0.472 e. The predicted octanol–water partition coefficient (Wildman–Crippen LogP) is 3.37. The molecule has 6 nitrogen and oxygen atoms in total. The maximum atomic E-state index is 12.9. The molecule has 7 heteroatoms. The zero-order valence-electron chi connectivity index (χ0n) is 14.7. The summed E-state index contributed by atoms with van der Waals surface area (Å²) in [5.74, 6) is -0.0452. The number of nitrogens with zero attached hydrogens (tertiary/aromatic N) is 3. The van der Waals surface area contributed by atoms with Gasteiger partial charge < -0.3 is 14.1 Å². The van der Waals surface area contributed by atoms with Gasteiger partial charge in [0.15, 0.2) is 5.69 Å². The number of likely N-dealkylation sites (tertiary alicyclic amines) is 1. The second kappa shape index (κ2) is 6.58. The fraction of sp³-hybridized carbons (Fsp3) is 0.350. The number of carbonyl (C=O) groups is 1. The van der Waals surface area contributed by atoms with E-state index in [-0.39, 0.29) is 17.4 Å². The molecule has 0 bridgehead atoms. The lowest BCUT2D eigenvalue weighted by Crippen LogP contribution is -2.51. The lowest BCUT2D eigenvalue weighted by Gasteiger charge is -2.42. The Kier molecular flexibility index (Phi) is 4.06. The molecule has 5 rings (SSSR count). The van der Waals surface area contributed by atoms with Gasteiger partial charge in [0.2, 0.25) is 0 Å². The van der Waals surface area contributed by atoms with Gasteiger partial charge in [-0.3, -0.25) is 4.79 Å². The molecule has 2 fully saturated rings. The quantitative estimate of drug-likeness (QED) is 0.696. The second-order valence-corrected chi connectivity index (χ2v) is 7.73. The van der Waals surface area contributed by atoms with E-state index in [2.05, 4.69) is 33.9 Å². The third kappa shape index (κ3) is 2.69. The van der Waals surface area contributed by atoms with Crippen molar-refractivity contribution in [1.29, 1.82) is 0 Å². The van der Waals surface area contributed by atoms with Gasteiger partial charge in [-0.2, -0.15) is 0 Å². The summed E-state index contributed by atoms with van der Waals surface area (Å²) >= 11 is 1.20. The molecule has 1 amide bonds. The maximum Gasteiger partial charge on any atom is 0.275 e. The van der Waals surface area contributed by atoms with Crippen molar-refractivity contribution in [2.45, 2.75) is 24.3 Å². The summed E-state index contributed by atoms with van der Waals surface area (Å²) in [6.45, 7) is 2.00. The van der Waals surface area contributed by atoms with Gasteiger partial charge in [-0.15, -0.1) is 5.10 Å². The van der Waals surface area contributed by atoms with Crippen LogP contribution < -0.4 is 0 Å². The molecule has 0 saturated carbocycles. The summed E-state index contributed by atoms with van der Waals surface area (Å²) < 4.78 is 14.8. The highest BCUT2D eigenvalue weighted by Crippen LogP contribution is 2.46. The van der Waals surface area contributed by atoms with E-state index in [4.69, 9.17) is 9.15 Å². The Labute approximate surface area is 160 Å². The highest BCUT2D eigenvalue weighted by Gasteiger charge is 2.52. The number of aromatic nitrogens is 2. The van der Waals surface area contributed by atoms with Crippen LogP contribution in [0, 0.1) is 0 Å². The molecule has 2 aliphatic heterocycles. The van der Waals surface area contributed by atoms with Crippen molar-refractivity contribution >= 4 is 17.4 Å². The van der Waals surface area contributed by atoms with E-state index in [9.17, 15) is 4.79 Å². The highest BCUT2D eigenvalue weighted by molar-refractivity contribution is 7.03. The molecule has 27 heavy (non-hydrogen) atoms. The number of ether oxygens (including phenoxy) is 1. The zero-order chi connectivity index (χ0) is 18.3. The number of hydrogen-bond donors (Lipinski definition) is 0. The monoisotopic (exact) mass is 381 g/mol. The van der Waals surface area contributed by atoms with Gasteiger partial charge in [-0.05, 0) is 41.6 Å². The standard InChI is InChI=1S/C20H19N3O3S/c24-19(17-13-27-22-21-17)23-8-6-20(7-10-26-12-18(20)23)16-3-1-14(2-4-16)15-5-9-25-11-15/h1-5,9,11,13,18H,6-8,10,12H2. The Morgan fingerprint density at radius 3 is 2.81 bits per heavy atom. The van der Waals surface area contributed by atoms with E-state index < -0.39 is 0 Å². The Hall–Kier alpha value is -2.51. The topological polar surface area (TPSA) is 68.5 Å². The van der Waals surface area contributed by atoms with Crippen molar-refractivity contribution < 1.29 is 13.9 Å². The van der Waals surface area contributed by atoms with Crippen LogP contribution in [0.4, 0.5) is 0 Å². The molecule has 2 aromatic heterocycles. The van der Waals surface area contributed by atoms with Crippen LogP contribution in [-0.2, 0) is 10.2 Å². The van der Waals surface area contributed by atoms with Crippen LogP contribution in [0.1, 0.15) is 28.9 Å². The number of benzene rings is 1. The molecule has 3 aromatic rings. The van der Waals surface area contributed by atoms with Gasteiger partial charge in [-0.1, -0.05) is 28.8 Å². The Morgan fingerprint density at radius 1 is 1.19 bits per heavy atom. The first-order chi connectivity index (χ1) is 13.3. The lowest BCUT2D eigenvalue weighted by molar-refractivity contribution is 0.00279. The third-order valence-corrected chi connectivity index (χ3v) is 6.44. The summed E-state index contributed by atoms with van der Waals surface area (Å²) in [5, 5.41) is 5.68. The van der Waals surface area contributed by atoms with E-state index in [0.29, 0.717) is 18.8 Å². The predicted molar refractivity (Wildman–Crippen MR) is 101 cm³/mol. The summed E-state index contributed by atoms with van der Waals surface area (Å²) in [7, 11) is 0. The number of rotatable bonds is 3. The molecule has 0 radical (unpaired) electrons. The van der Waals surface area contributed by atoms with Crippen LogP contribution in [-0.4, -0.2) is 46.2 Å². The molecular weight excluding hydrogens is 362 g/mol. The average Bonchev–Trinajstić information content (AvgIpc) is 3.49. The molecule has 4 heterocycles. The Morgan fingerprint density at radius 2 is 2.07 bits per heavy atom. The van der Waals surface area contributed by atoms with E-state index in [1.807, 2.05) is 11.0 Å². The molecule has 1 aromatic carbocycles. The van der Waals surface area contributed by atoms with Crippen LogP contribution in [0.25, 0.3) is 11.1 Å². The zero-order valence-corrected chi connectivity index (χ0v) is 15.5. The summed E-state index contributed by atoms with van der Waals surface area (Å²) in [6, 6.07) is 10.6. The second-order valence-electron chi connectivity index (χ2n) is 7.12. The number of fused-ring (bicyclic) bond motifs is 1. The van der Waals surface area contributed by atoms with Crippen molar-refractivity contribution in [3.8, 4) is 11.1 Å². The van der Waals surface area contributed by atoms with Gasteiger partial charge in [0.1, 0.15) is 0 Å². The highest BCUT2D eigenvalue weighted by atomic mass is 32.1. The number of amides is 1. The summed E-state index contributed by atoms with van der Waals surface area (Å²) in [4.78, 5) is 14.8. The SMILES string of the molecule is O=C(c1csnn1)N1CCC2(c3ccc(-c4ccoc4)cc3)CCOCC12. The minimum atomic E-state index is -0.0632. The van der Waals surface area contributed by atoms with Gasteiger partial charge in [0.25, 0.3) is 5.91 Å². The average molecular weight is 381 g/mol. The normalized spacial score (nSPS) is 24.7. The minimum Gasteiger partial charge on any atom is -0.472 e. The molecule has 0 spiro atoms. The summed E-state index contributed by atoms with van der Waals surface area (Å²) in [6.07, 6.45) is 5.30. The number of furan rings is 1. The molecule has 2 unspecified atom stereocenters. The van der Waals surface area contributed by atoms with Crippen LogP contribution in [0.5, 0.6) is 0 Å². The van der Waals surface area contributed by atoms with Crippen molar-refractivity contribution in [2.75, 3.05) is 19.8 Å². The van der Waals surface area contributed by atoms with Crippen molar-refractivity contribution in [1.82, 2.24) is 14.5 Å². The molecule has 2 atom stereocenters. The molecular formula is C20H19N3O3S. The van der Waals surface area contributed by atoms with E-state index >= 15 is 0 Å². The van der Waals surface area contributed by atoms with Gasteiger partial charge in [-0.25, -0.2) is 0 Å². The third-order valence-electron chi connectivity index (χ3n) is 5.94. The summed E-state index contributed by atoms with van der Waals surface area (Å²) in [5.41, 5.74) is 3.84. The van der Waals surface area contributed by atoms with Gasteiger partial charge in [0.05, 0.1) is 25.2 Å². The first kappa shape index (κ1) is 16.6. The van der Waals surface area contributed by atoms with Crippen LogP contribution in [0.3, 0.4) is 0 Å². The fourth-order valence-electron chi connectivity index (χ4n) is 4.48. The Bertz CT molecular complexity index is 924. The minimum absolute atomic E-state index is 0.0280. The molecule has 2 saturated heterocycles. The Balaban J connectivity index is 1.47. The first-order valence-electron chi connectivity index (χ1n) is 9.07. The first-order valence-corrected chi connectivity index (χ1v) is 9.90. The van der Waals surface area contributed by atoms with Crippen molar-refractivity contribution in [3.05, 3.63) is 59.5 Å². The van der Waals surface area contributed by atoms with E-state index in [1.165, 1.54) is 17.1 Å².